The van der Waals surface area contributed by atoms with Crippen LogP contribution in [0.2, 0.25) is 10.0 Å². The molecule has 5 nitrogen and oxygen atoms in total. The molecule has 0 radical (unpaired) electrons. The Morgan fingerprint density at radius 2 is 1.68 bits per heavy atom. The summed E-state index contributed by atoms with van der Waals surface area (Å²) in [4.78, 5) is 16.4. The van der Waals surface area contributed by atoms with Crippen LogP contribution in [-0.2, 0) is 4.79 Å². The SMILES string of the molecule is N#C/C(=C/Nc1c(Cl)cccc1Cl)C(=O)N1CCN(c2ccc(F)cc2)CC1. The Morgan fingerprint density at radius 3 is 2.25 bits per heavy atom. The standard InChI is InChI=1S/C20H17Cl2FN4O/c21-17-2-1-3-18(22)19(17)25-13-14(12-24)20(28)27-10-8-26(9-11-27)16-6-4-15(23)5-7-16/h1-7,13,25H,8-11H2/b14-13-. The Labute approximate surface area is 172 Å². The van der Waals surface area contributed by atoms with Crippen molar-refractivity contribution in [2.45, 2.75) is 0 Å². The molecule has 0 aromatic heterocycles. The van der Waals surface area contributed by atoms with Crippen LogP contribution < -0.4 is 10.2 Å². The summed E-state index contributed by atoms with van der Waals surface area (Å²) in [5, 5.41) is 13.0. The fourth-order valence-electron chi connectivity index (χ4n) is 2.91. The van der Waals surface area contributed by atoms with Crippen molar-refractivity contribution < 1.29 is 9.18 Å². The van der Waals surface area contributed by atoms with E-state index in [-0.39, 0.29) is 17.3 Å². The second-order valence-corrected chi connectivity index (χ2v) is 6.98. The van der Waals surface area contributed by atoms with Gasteiger partial charge in [0.25, 0.3) is 5.91 Å². The van der Waals surface area contributed by atoms with Gasteiger partial charge in [0.15, 0.2) is 0 Å². The number of anilines is 2. The highest BCUT2D eigenvalue weighted by Gasteiger charge is 2.24. The van der Waals surface area contributed by atoms with Crippen molar-refractivity contribution in [3.8, 4) is 6.07 Å². The maximum atomic E-state index is 13.1. The predicted molar refractivity (Wildman–Crippen MR) is 109 cm³/mol. The number of nitrogens with one attached hydrogen (secondary N) is 1. The molecular weight excluding hydrogens is 402 g/mol. The van der Waals surface area contributed by atoms with Crippen molar-refractivity contribution in [3.63, 3.8) is 0 Å². The Hall–Kier alpha value is -2.75. The average Bonchev–Trinajstić information content (AvgIpc) is 2.71. The van der Waals surface area contributed by atoms with Crippen LogP contribution in [0.1, 0.15) is 0 Å². The number of hydrogen-bond acceptors (Lipinski definition) is 4. The number of nitriles is 1. The zero-order valence-corrected chi connectivity index (χ0v) is 16.3. The third kappa shape index (κ3) is 4.56. The molecule has 0 bridgehead atoms. The Morgan fingerprint density at radius 1 is 1.07 bits per heavy atom. The summed E-state index contributed by atoms with van der Waals surface area (Å²) in [5.41, 5.74) is 1.30. The summed E-state index contributed by atoms with van der Waals surface area (Å²) in [7, 11) is 0. The minimum Gasteiger partial charge on any atom is -0.368 e. The lowest BCUT2D eigenvalue weighted by atomic mass is 10.2. The highest BCUT2D eigenvalue weighted by Crippen LogP contribution is 2.30. The number of amides is 1. The normalized spacial score (nSPS) is 14.6. The monoisotopic (exact) mass is 418 g/mol. The van der Waals surface area contributed by atoms with E-state index in [1.165, 1.54) is 18.3 Å². The second-order valence-electron chi connectivity index (χ2n) is 6.17. The number of carbonyl (C=O) groups excluding carboxylic acids is 1. The molecule has 1 saturated heterocycles. The third-order valence-electron chi connectivity index (χ3n) is 4.43. The van der Waals surface area contributed by atoms with Crippen LogP contribution in [0.25, 0.3) is 0 Å². The fraction of sp³-hybridized carbons (Fsp3) is 0.200. The van der Waals surface area contributed by atoms with Crippen LogP contribution in [0.3, 0.4) is 0 Å². The highest BCUT2D eigenvalue weighted by molar-refractivity contribution is 6.39. The molecule has 144 valence electrons. The van der Waals surface area contributed by atoms with Gasteiger partial charge in [0.1, 0.15) is 17.5 Å². The smallest absolute Gasteiger partial charge is 0.266 e. The zero-order valence-electron chi connectivity index (χ0n) is 14.8. The molecule has 0 atom stereocenters. The Kier molecular flexibility index (Phi) is 6.40. The number of nitrogens with zero attached hydrogens (tertiary/aromatic N) is 3. The van der Waals surface area contributed by atoms with Crippen LogP contribution in [0.5, 0.6) is 0 Å². The number of para-hydroxylation sites is 1. The summed E-state index contributed by atoms with van der Waals surface area (Å²) in [6.45, 7) is 2.11. The van der Waals surface area contributed by atoms with E-state index in [0.717, 1.165) is 5.69 Å². The molecule has 1 aliphatic heterocycles. The van der Waals surface area contributed by atoms with E-state index in [4.69, 9.17) is 23.2 Å². The number of halogens is 3. The minimum absolute atomic E-state index is 0.0359. The van der Waals surface area contributed by atoms with Gasteiger partial charge in [-0.1, -0.05) is 29.3 Å². The Bertz CT molecular complexity index is 912. The lowest BCUT2D eigenvalue weighted by molar-refractivity contribution is -0.127. The van der Waals surface area contributed by atoms with Gasteiger partial charge in [0, 0.05) is 38.1 Å². The average molecular weight is 419 g/mol. The van der Waals surface area contributed by atoms with Crippen molar-refractivity contribution in [1.82, 2.24) is 4.90 Å². The molecule has 1 fully saturated rings. The van der Waals surface area contributed by atoms with E-state index in [2.05, 4.69) is 10.2 Å². The van der Waals surface area contributed by atoms with Crippen LogP contribution >= 0.6 is 23.2 Å². The first kappa shape index (κ1) is 20.0. The molecule has 1 heterocycles. The number of carbonyl (C=O) groups is 1. The van der Waals surface area contributed by atoms with Crippen molar-refractivity contribution in [1.29, 1.82) is 5.26 Å². The molecule has 8 heteroatoms. The van der Waals surface area contributed by atoms with E-state index in [1.54, 1.807) is 35.2 Å². The summed E-state index contributed by atoms with van der Waals surface area (Å²) in [6, 6.07) is 13.2. The van der Waals surface area contributed by atoms with E-state index < -0.39 is 0 Å². The first-order valence-corrected chi connectivity index (χ1v) is 9.36. The highest BCUT2D eigenvalue weighted by atomic mass is 35.5. The van der Waals surface area contributed by atoms with E-state index >= 15 is 0 Å². The third-order valence-corrected chi connectivity index (χ3v) is 5.06. The summed E-state index contributed by atoms with van der Waals surface area (Å²) in [5.74, 6) is -0.649. The molecule has 2 aromatic carbocycles. The Balaban J connectivity index is 1.64. The van der Waals surface area contributed by atoms with E-state index in [9.17, 15) is 14.4 Å². The maximum Gasteiger partial charge on any atom is 0.266 e. The van der Waals surface area contributed by atoms with Crippen LogP contribution in [-0.4, -0.2) is 37.0 Å². The molecule has 0 unspecified atom stereocenters. The van der Waals surface area contributed by atoms with Gasteiger partial charge < -0.3 is 15.1 Å². The number of benzene rings is 2. The number of rotatable bonds is 4. The summed E-state index contributed by atoms with van der Waals surface area (Å²) < 4.78 is 13.1. The summed E-state index contributed by atoms with van der Waals surface area (Å²) in [6.07, 6.45) is 1.32. The quantitative estimate of drug-likeness (QED) is 0.593. The molecule has 3 rings (SSSR count). The van der Waals surface area contributed by atoms with Gasteiger partial charge in [-0.15, -0.1) is 0 Å². The molecule has 1 amide bonds. The first-order chi connectivity index (χ1) is 13.5. The van der Waals surface area contributed by atoms with Gasteiger partial charge >= 0.3 is 0 Å². The lowest BCUT2D eigenvalue weighted by Gasteiger charge is -2.36. The van der Waals surface area contributed by atoms with Gasteiger partial charge in [-0.05, 0) is 36.4 Å². The topological polar surface area (TPSA) is 59.4 Å². The molecule has 2 aromatic rings. The number of piperazine rings is 1. The molecule has 1 aliphatic rings. The largest absolute Gasteiger partial charge is 0.368 e. The minimum atomic E-state index is -0.364. The molecule has 0 aliphatic carbocycles. The first-order valence-electron chi connectivity index (χ1n) is 8.60. The van der Waals surface area contributed by atoms with Gasteiger partial charge in [-0.25, -0.2) is 4.39 Å². The van der Waals surface area contributed by atoms with Crippen molar-refractivity contribution in [3.05, 3.63) is 70.1 Å². The van der Waals surface area contributed by atoms with Crippen LogP contribution in [0, 0.1) is 17.1 Å². The van der Waals surface area contributed by atoms with Gasteiger partial charge in [-0.2, -0.15) is 5.26 Å². The van der Waals surface area contributed by atoms with Crippen LogP contribution in [0.15, 0.2) is 54.2 Å². The van der Waals surface area contributed by atoms with Gasteiger partial charge in [0.05, 0.1) is 15.7 Å². The second kappa shape index (κ2) is 8.96. The zero-order chi connectivity index (χ0) is 20.1. The lowest BCUT2D eigenvalue weighted by Crippen LogP contribution is -2.49. The van der Waals surface area contributed by atoms with Crippen LogP contribution in [0.4, 0.5) is 15.8 Å². The molecule has 28 heavy (non-hydrogen) atoms. The molecule has 0 spiro atoms. The van der Waals surface area contributed by atoms with Gasteiger partial charge in [0.2, 0.25) is 0 Å². The van der Waals surface area contributed by atoms with E-state index in [1.807, 2.05) is 6.07 Å². The van der Waals surface area contributed by atoms with Crippen molar-refractivity contribution >= 4 is 40.5 Å². The predicted octanol–water partition coefficient (Wildman–Crippen LogP) is 4.30. The van der Waals surface area contributed by atoms with Gasteiger partial charge in [-0.3, -0.25) is 4.79 Å². The molecule has 1 N–H and O–H groups in total. The van der Waals surface area contributed by atoms with Crippen molar-refractivity contribution in [2.24, 2.45) is 0 Å². The molecular formula is C20H17Cl2FN4O. The fourth-order valence-corrected chi connectivity index (χ4v) is 3.42. The van der Waals surface area contributed by atoms with Crippen molar-refractivity contribution in [2.75, 3.05) is 36.4 Å². The van der Waals surface area contributed by atoms with E-state index in [0.29, 0.717) is 41.9 Å². The summed E-state index contributed by atoms with van der Waals surface area (Å²) >= 11 is 12.2. The maximum absolute atomic E-state index is 13.1. The molecule has 0 saturated carbocycles. The number of hydrogen-bond donors (Lipinski definition) is 1.